The van der Waals surface area contributed by atoms with Crippen molar-refractivity contribution in [2.75, 3.05) is 25.5 Å². The van der Waals surface area contributed by atoms with Gasteiger partial charge in [-0.15, -0.1) is 0 Å². The molecular formula is C23H29BN2O4. The van der Waals surface area contributed by atoms with E-state index in [2.05, 4.69) is 5.32 Å². The lowest BCUT2D eigenvalue weighted by Gasteiger charge is -2.32. The monoisotopic (exact) mass is 408 g/mol. The predicted octanol–water partition coefficient (Wildman–Crippen LogP) is 2.66. The van der Waals surface area contributed by atoms with E-state index in [1.165, 1.54) is 0 Å². The van der Waals surface area contributed by atoms with Crippen LogP contribution < -0.4 is 15.7 Å². The summed E-state index contributed by atoms with van der Waals surface area (Å²) >= 11 is 0. The van der Waals surface area contributed by atoms with Crippen molar-refractivity contribution in [3.8, 4) is 0 Å². The van der Waals surface area contributed by atoms with Gasteiger partial charge in [0.2, 0.25) is 0 Å². The summed E-state index contributed by atoms with van der Waals surface area (Å²) in [5, 5.41) is 2.69. The molecule has 2 aromatic rings. The molecule has 6 nitrogen and oxygen atoms in total. The highest BCUT2D eigenvalue weighted by molar-refractivity contribution is 6.62. The number of Topliss-reactive ketones (excluding diaryl/α,β-unsaturated/α-hetero) is 1. The highest BCUT2D eigenvalue weighted by Crippen LogP contribution is 2.36. The van der Waals surface area contributed by atoms with Gasteiger partial charge in [0.05, 0.1) is 17.7 Å². The van der Waals surface area contributed by atoms with E-state index in [1.54, 1.807) is 24.3 Å². The molecule has 158 valence electrons. The fourth-order valence-corrected chi connectivity index (χ4v) is 3.08. The van der Waals surface area contributed by atoms with Crippen LogP contribution in [0.25, 0.3) is 0 Å². The van der Waals surface area contributed by atoms with E-state index in [9.17, 15) is 9.59 Å². The first-order chi connectivity index (χ1) is 14.0. The first-order valence-corrected chi connectivity index (χ1v) is 10.0. The lowest BCUT2D eigenvalue weighted by Crippen LogP contribution is -2.41. The van der Waals surface area contributed by atoms with E-state index in [0.29, 0.717) is 11.1 Å². The van der Waals surface area contributed by atoms with Crippen molar-refractivity contribution >= 4 is 30.0 Å². The molecule has 0 aliphatic carbocycles. The third-order valence-corrected chi connectivity index (χ3v) is 5.81. The molecule has 0 spiro atoms. The summed E-state index contributed by atoms with van der Waals surface area (Å²) in [5.41, 5.74) is 2.07. The molecule has 3 rings (SSSR count). The van der Waals surface area contributed by atoms with Gasteiger partial charge in [-0.1, -0.05) is 12.1 Å². The number of benzene rings is 2. The summed E-state index contributed by atoms with van der Waals surface area (Å²) in [6.07, 6.45) is 0. The minimum Gasteiger partial charge on any atom is -0.399 e. The van der Waals surface area contributed by atoms with E-state index in [-0.39, 0.29) is 18.2 Å². The molecule has 1 heterocycles. The molecular weight excluding hydrogens is 379 g/mol. The topological polar surface area (TPSA) is 67.9 Å². The Bertz CT molecular complexity index is 905. The third kappa shape index (κ3) is 4.58. The number of carbonyl (C=O) groups is 2. The molecule has 1 saturated heterocycles. The number of anilines is 1. The van der Waals surface area contributed by atoms with Crippen molar-refractivity contribution in [3.63, 3.8) is 0 Å². The van der Waals surface area contributed by atoms with Crippen molar-refractivity contribution in [1.82, 2.24) is 5.32 Å². The van der Waals surface area contributed by atoms with Crippen LogP contribution in [-0.4, -0.2) is 50.7 Å². The molecule has 1 fully saturated rings. The first kappa shape index (κ1) is 22.1. The van der Waals surface area contributed by atoms with E-state index in [1.807, 2.05) is 71.0 Å². The van der Waals surface area contributed by atoms with Crippen LogP contribution in [0.2, 0.25) is 0 Å². The Balaban J connectivity index is 1.58. The quantitative estimate of drug-likeness (QED) is 0.588. The smallest absolute Gasteiger partial charge is 0.399 e. The van der Waals surface area contributed by atoms with Gasteiger partial charge in [-0.3, -0.25) is 9.59 Å². The Morgan fingerprint density at radius 3 is 1.87 bits per heavy atom. The minimum atomic E-state index is -0.473. The van der Waals surface area contributed by atoms with Crippen molar-refractivity contribution < 1.29 is 18.9 Å². The van der Waals surface area contributed by atoms with Gasteiger partial charge >= 0.3 is 7.12 Å². The zero-order chi connectivity index (χ0) is 22.1. The summed E-state index contributed by atoms with van der Waals surface area (Å²) in [4.78, 5) is 26.7. The van der Waals surface area contributed by atoms with E-state index >= 15 is 0 Å². The maximum atomic E-state index is 12.4. The van der Waals surface area contributed by atoms with Gasteiger partial charge in [0.15, 0.2) is 5.78 Å². The van der Waals surface area contributed by atoms with Crippen LogP contribution in [0.3, 0.4) is 0 Å². The number of amides is 1. The largest absolute Gasteiger partial charge is 0.494 e. The summed E-state index contributed by atoms with van der Waals surface area (Å²) in [7, 11) is 3.41. The molecule has 0 atom stereocenters. The Kier molecular flexibility index (Phi) is 6.06. The molecule has 1 amide bonds. The highest BCUT2D eigenvalue weighted by Gasteiger charge is 2.51. The summed E-state index contributed by atoms with van der Waals surface area (Å²) < 4.78 is 12.1. The van der Waals surface area contributed by atoms with Crippen LogP contribution in [0.4, 0.5) is 5.69 Å². The Morgan fingerprint density at radius 1 is 0.867 bits per heavy atom. The normalized spacial score (nSPS) is 16.9. The average molecular weight is 408 g/mol. The van der Waals surface area contributed by atoms with Crippen LogP contribution >= 0.6 is 0 Å². The van der Waals surface area contributed by atoms with Gasteiger partial charge < -0.3 is 19.5 Å². The molecule has 0 saturated carbocycles. The molecule has 1 aliphatic heterocycles. The fraction of sp³-hybridized carbons (Fsp3) is 0.391. The number of ketones is 1. The highest BCUT2D eigenvalue weighted by atomic mass is 16.7. The number of nitrogens with zero attached hydrogens (tertiary/aromatic N) is 1. The van der Waals surface area contributed by atoms with Gasteiger partial charge in [-0.25, -0.2) is 0 Å². The Hall–Kier alpha value is -2.64. The summed E-state index contributed by atoms with van der Waals surface area (Å²) in [6.45, 7) is 7.94. The van der Waals surface area contributed by atoms with Gasteiger partial charge in [0.1, 0.15) is 0 Å². The van der Waals surface area contributed by atoms with Gasteiger partial charge in [-0.2, -0.15) is 0 Å². The second-order valence-corrected chi connectivity index (χ2v) is 8.76. The Labute approximate surface area is 178 Å². The fourth-order valence-electron chi connectivity index (χ4n) is 3.08. The van der Waals surface area contributed by atoms with Crippen molar-refractivity contribution in [2.45, 2.75) is 38.9 Å². The van der Waals surface area contributed by atoms with Crippen LogP contribution in [0.15, 0.2) is 48.5 Å². The zero-order valence-corrected chi connectivity index (χ0v) is 18.5. The zero-order valence-electron chi connectivity index (χ0n) is 18.5. The van der Waals surface area contributed by atoms with E-state index < -0.39 is 18.3 Å². The molecule has 0 unspecified atom stereocenters. The van der Waals surface area contributed by atoms with Crippen molar-refractivity contribution in [3.05, 3.63) is 59.7 Å². The molecule has 0 radical (unpaired) electrons. The number of nitrogens with one attached hydrogen (secondary N) is 1. The van der Waals surface area contributed by atoms with Gasteiger partial charge in [-0.05, 0) is 69.6 Å². The summed E-state index contributed by atoms with van der Waals surface area (Å²) in [6, 6.07) is 14.4. The number of rotatable bonds is 6. The van der Waals surface area contributed by atoms with Crippen molar-refractivity contribution in [1.29, 1.82) is 0 Å². The average Bonchev–Trinajstić information content (AvgIpc) is 2.93. The molecule has 30 heavy (non-hydrogen) atoms. The summed E-state index contributed by atoms with van der Waals surface area (Å²) in [5.74, 6) is -0.434. The molecule has 0 bridgehead atoms. The van der Waals surface area contributed by atoms with Crippen LogP contribution in [0.5, 0.6) is 0 Å². The molecule has 2 aromatic carbocycles. The van der Waals surface area contributed by atoms with Crippen LogP contribution in [-0.2, 0) is 9.31 Å². The first-order valence-electron chi connectivity index (χ1n) is 10.0. The second-order valence-electron chi connectivity index (χ2n) is 8.76. The SMILES string of the molecule is CN(C)c1ccc(C(=O)CNC(=O)c2ccc(B3OC(C)(C)C(C)(C)O3)cc2)cc1. The maximum absolute atomic E-state index is 12.4. The van der Waals surface area contributed by atoms with Crippen LogP contribution in [0.1, 0.15) is 48.4 Å². The standard InChI is InChI=1S/C23H29BN2O4/c1-22(2)23(3,4)30-24(29-22)18-11-7-17(8-12-18)21(28)25-15-20(27)16-9-13-19(14-10-16)26(5)6/h7-14H,15H2,1-6H3,(H,25,28). The number of hydrogen-bond donors (Lipinski definition) is 1. The molecule has 1 N–H and O–H groups in total. The molecule has 1 aliphatic rings. The third-order valence-electron chi connectivity index (χ3n) is 5.81. The number of hydrogen-bond acceptors (Lipinski definition) is 5. The van der Waals surface area contributed by atoms with Crippen LogP contribution in [0, 0.1) is 0 Å². The van der Waals surface area contributed by atoms with E-state index in [0.717, 1.165) is 11.2 Å². The van der Waals surface area contributed by atoms with E-state index in [4.69, 9.17) is 9.31 Å². The lowest BCUT2D eigenvalue weighted by atomic mass is 9.79. The lowest BCUT2D eigenvalue weighted by molar-refractivity contribution is 0.00578. The second kappa shape index (κ2) is 8.24. The Morgan fingerprint density at radius 2 is 1.37 bits per heavy atom. The minimum absolute atomic E-state index is 0.0564. The maximum Gasteiger partial charge on any atom is 0.494 e. The molecule has 0 aromatic heterocycles. The van der Waals surface area contributed by atoms with Gasteiger partial charge in [0.25, 0.3) is 5.91 Å². The molecule has 7 heteroatoms. The number of carbonyl (C=O) groups excluding carboxylic acids is 2. The van der Waals surface area contributed by atoms with Crippen molar-refractivity contribution in [2.24, 2.45) is 0 Å². The predicted molar refractivity (Wildman–Crippen MR) is 120 cm³/mol. The van der Waals surface area contributed by atoms with Gasteiger partial charge in [0, 0.05) is 30.9 Å².